The minimum atomic E-state index is 1.15. The van der Waals surface area contributed by atoms with E-state index in [1.807, 2.05) is 0 Å². The molecule has 0 bridgehead atoms. The van der Waals surface area contributed by atoms with E-state index in [2.05, 4.69) is 252 Å². The molecule has 0 radical (unpaired) electrons. The van der Waals surface area contributed by atoms with Crippen LogP contribution in [0.2, 0.25) is 0 Å². The number of para-hydroxylation sites is 3. The van der Waals surface area contributed by atoms with Crippen molar-refractivity contribution in [2.45, 2.75) is 0 Å². The Morgan fingerprint density at radius 2 is 0.565 bits per heavy atom. The molecule has 12 rings (SSSR count). The molecule has 2 nitrogen and oxygen atoms in total. The molecule has 0 unspecified atom stereocenters. The molecule has 0 spiro atoms. The number of aromatic nitrogens is 2. The summed E-state index contributed by atoms with van der Waals surface area (Å²) in [5.74, 6) is 0. The highest BCUT2D eigenvalue weighted by atomic mass is 15.0. The van der Waals surface area contributed by atoms with Crippen LogP contribution in [0.5, 0.6) is 0 Å². The first-order valence-electron chi connectivity index (χ1n) is 21.3. The summed E-state index contributed by atoms with van der Waals surface area (Å²) >= 11 is 0. The van der Waals surface area contributed by atoms with Gasteiger partial charge in [-0.15, -0.1) is 0 Å². The first-order valence-corrected chi connectivity index (χ1v) is 21.3. The summed E-state index contributed by atoms with van der Waals surface area (Å²) in [7, 11) is 0. The summed E-state index contributed by atoms with van der Waals surface area (Å²) < 4.78 is 4.83. The molecule has 0 aliphatic heterocycles. The van der Waals surface area contributed by atoms with Crippen LogP contribution in [0.15, 0.2) is 243 Å². The highest BCUT2D eigenvalue weighted by Gasteiger charge is 2.18. The second kappa shape index (κ2) is 14.8. The molecule has 0 fully saturated rings. The van der Waals surface area contributed by atoms with E-state index in [1.54, 1.807) is 0 Å². The molecule has 0 N–H and O–H groups in total. The van der Waals surface area contributed by atoms with Crippen molar-refractivity contribution < 1.29 is 0 Å². The molecule has 12 aromatic rings. The van der Waals surface area contributed by atoms with Gasteiger partial charge in [0.2, 0.25) is 0 Å². The summed E-state index contributed by atoms with van der Waals surface area (Å²) in [4.78, 5) is 0. The SMILES string of the molecule is c1ccc(-c2ccc(-c3ccc(-c4ccc(-n5c6ccccc6c6cc(-c7ccc8c(c7)c7ccccc7n8-c7ccccc7-c7ccccc7)ccc65)cc4)cc3)cc2)cc1. The van der Waals surface area contributed by atoms with E-state index in [1.165, 1.54) is 105 Å². The Hall–Kier alpha value is -8.20. The Morgan fingerprint density at radius 3 is 1.10 bits per heavy atom. The zero-order valence-corrected chi connectivity index (χ0v) is 34.0. The van der Waals surface area contributed by atoms with Crippen molar-refractivity contribution in [3.8, 4) is 67.0 Å². The number of hydrogen-bond acceptors (Lipinski definition) is 0. The first kappa shape index (κ1) is 35.7. The zero-order valence-electron chi connectivity index (χ0n) is 34.0. The molecule has 0 aliphatic rings. The van der Waals surface area contributed by atoms with Crippen LogP contribution in [0.1, 0.15) is 0 Å². The molecule has 0 saturated heterocycles. The Balaban J connectivity index is 0.884. The van der Waals surface area contributed by atoms with Crippen molar-refractivity contribution in [1.29, 1.82) is 0 Å². The Bertz CT molecular complexity index is 3580. The van der Waals surface area contributed by atoms with Crippen molar-refractivity contribution in [2.24, 2.45) is 0 Å². The maximum Gasteiger partial charge on any atom is 0.0541 e. The van der Waals surface area contributed by atoms with Gasteiger partial charge in [-0.25, -0.2) is 0 Å². The van der Waals surface area contributed by atoms with Gasteiger partial charge in [0.05, 0.1) is 27.8 Å². The van der Waals surface area contributed by atoms with E-state index in [4.69, 9.17) is 0 Å². The molecule has 2 heteroatoms. The van der Waals surface area contributed by atoms with Crippen LogP contribution in [0.4, 0.5) is 0 Å². The van der Waals surface area contributed by atoms with Crippen LogP contribution >= 0.6 is 0 Å². The number of rotatable bonds is 7. The molecular formula is C60H40N2. The van der Waals surface area contributed by atoms with Gasteiger partial charge in [-0.3, -0.25) is 0 Å². The molecule has 62 heavy (non-hydrogen) atoms. The quantitative estimate of drug-likeness (QED) is 0.152. The van der Waals surface area contributed by atoms with Crippen molar-refractivity contribution in [2.75, 3.05) is 0 Å². The summed E-state index contributed by atoms with van der Waals surface area (Å²) in [6.07, 6.45) is 0. The van der Waals surface area contributed by atoms with Gasteiger partial charge in [0.15, 0.2) is 0 Å². The highest BCUT2D eigenvalue weighted by molar-refractivity contribution is 6.13. The monoisotopic (exact) mass is 788 g/mol. The van der Waals surface area contributed by atoms with Crippen LogP contribution in [0.25, 0.3) is 111 Å². The Kier molecular flexibility index (Phi) is 8.53. The van der Waals surface area contributed by atoms with Crippen molar-refractivity contribution >= 4 is 43.6 Å². The van der Waals surface area contributed by atoms with Gasteiger partial charge >= 0.3 is 0 Å². The molecule has 290 valence electrons. The van der Waals surface area contributed by atoms with Crippen LogP contribution in [0.3, 0.4) is 0 Å². The number of nitrogens with zero attached hydrogens (tertiary/aromatic N) is 2. The lowest BCUT2D eigenvalue weighted by Crippen LogP contribution is -1.97. The van der Waals surface area contributed by atoms with E-state index < -0.39 is 0 Å². The van der Waals surface area contributed by atoms with Gasteiger partial charge in [0.25, 0.3) is 0 Å². The Morgan fingerprint density at radius 1 is 0.210 bits per heavy atom. The number of benzene rings is 10. The summed E-state index contributed by atoms with van der Waals surface area (Å²) in [5.41, 5.74) is 19.3. The Labute approximate surface area is 360 Å². The van der Waals surface area contributed by atoms with Crippen molar-refractivity contribution in [3.63, 3.8) is 0 Å². The van der Waals surface area contributed by atoms with Gasteiger partial charge in [0.1, 0.15) is 0 Å². The van der Waals surface area contributed by atoms with Gasteiger partial charge < -0.3 is 9.13 Å². The molecule has 2 aromatic heterocycles. The highest BCUT2D eigenvalue weighted by Crippen LogP contribution is 2.40. The van der Waals surface area contributed by atoms with E-state index in [0.717, 1.165) is 5.69 Å². The lowest BCUT2D eigenvalue weighted by molar-refractivity contribution is 1.18. The fourth-order valence-corrected chi connectivity index (χ4v) is 9.52. The van der Waals surface area contributed by atoms with E-state index in [9.17, 15) is 0 Å². The van der Waals surface area contributed by atoms with Gasteiger partial charge in [-0.05, 0) is 105 Å². The van der Waals surface area contributed by atoms with Crippen LogP contribution in [-0.2, 0) is 0 Å². The average molecular weight is 789 g/mol. The van der Waals surface area contributed by atoms with Crippen LogP contribution in [0, 0.1) is 0 Å². The number of hydrogen-bond donors (Lipinski definition) is 0. The molecule has 0 amide bonds. The third-order valence-corrected chi connectivity index (χ3v) is 12.6. The largest absolute Gasteiger partial charge is 0.309 e. The topological polar surface area (TPSA) is 9.86 Å². The second-order valence-electron chi connectivity index (χ2n) is 16.1. The minimum Gasteiger partial charge on any atom is -0.309 e. The molecule has 0 saturated carbocycles. The van der Waals surface area contributed by atoms with Gasteiger partial charge in [0, 0.05) is 32.8 Å². The minimum absolute atomic E-state index is 1.15. The standard InChI is InChI=1S/C60H40N2/c1-3-13-41(14-4-1)42-23-25-43(26-24-42)44-27-29-45(30-28-44)46-31-35-50(36-32-46)61-57-21-11-8-18-52(57)54-39-48(33-37-59(54)61)49-34-38-60-55(40-49)53-19-9-12-22-58(53)62(60)56-20-10-7-17-51(56)47-15-5-2-6-16-47/h1-40H. The average Bonchev–Trinajstić information content (AvgIpc) is 3.87. The molecule has 10 aromatic carbocycles. The van der Waals surface area contributed by atoms with Crippen molar-refractivity contribution in [3.05, 3.63) is 243 Å². The molecule has 0 atom stereocenters. The summed E-state index contributed by atoms with van der Waals surface area (Å²) in [6.45, 7) is 0. The normalized spacial score (nSPS) is 11.5. The predicted octanol–water partition coefficient (Wildman–Crippen LogP) is 16.2. The fourth-order valence-electron chi connectivity index (χ4n) is 9.52. The maximum absolute atomic E-state index is 2.43. The smallest absolute Gasteiger partial charge is 0.0541 e. The zero-order chi connectivity index (χ0) is 41.0. The van der Waals surface area contributed by atoms with E-state index in [-0.39, 0.29) is 0 Å². The third-order valence-electron chi connectivity index (χ3n) is 12.6. The lowest BCUT2D eigenvalue weighted by Gasteiger charge is -2.14. The van der Waals surface area contributed by atoms with E-state index >= 15 is 0 Å². The first-order chi connectivity index (χ1) is 30.7. The molecule has 2 heterocycles. The van der Waals surface area contributed by atoms with Crippen LogP contribution < -0.4 is 0 Å². The fraction of sp³-hybridized carbons (Fsp3) is 0. The molecular weight excluding hydrogens is 749 g/mol. The third kappa shape index (κ3) is 6.04. The lowest BCUT2D eigenvalue weighted by atomic mass is 9.98. The molecule has 0 aliphatic carbocycles. The maximum atomic E-state index is 2.43. The van der Waals surface area contributed by atoms with Gasteiger partial charge in [-0.1, -0.05) is 188 Å². The number of fused-ring (bicyclic) bond motifs is 6. The second-order valence-corrected chi connectivity index (χ2v) is 16.1. The summed E-state index contributed by atoms with van der Waals surface area (Å²) in [5, 5.41) is 4.98. The summed E-state index contributed by atoms with van der Waals surface area (Å²) in [6, 6.07) is 88.3. The van der Waals surface area contributed by atoms with Gasteiger partial charge in [-0.2, -0.15) is 0 Å². The van der Waals surface area contributed by atoms with Crippen molar-refractivity contribution in [1.82, 2.24) is 9.13 Å². The van der Waals surface area contributed by atoms with Crippen LogP contribution in [-0.4, -0.2) is 9.13 Å². The predicted molar refractivity (Wildman–Crippen MR) is 262 cm³/mol. The van der Waals surface area contributed by atoms with E-state index in [0.29, 0.717) is 0 Å².